The molecule has 0 radical (unpaired) electrons. The Bertz CT molecular complexity index is 545. The van der Waals surface area contributed by atoms with Gasteiger partial charge < -0.3 is 10.2 Å². The van der Waals surface area contributed by atoms with Crippen molar-refractivity contribution in [3.8, 4) is 0 Å². The number of hydrogen-bond donors (Lipinski definition) is 1. The van der Waals surface area contributed by atoms with Gasteiger partial charge in [-0.3, -0.25) is 14.5 Å². The van der Waals surface area contributed by atoms with Crippen LogP contribution in [0, 0.1) is 0 Å². The summed E-state index contributed by atoms with van der Waals surface area (Å²) >= 11 is 9.26. The Morgan fingerprint density at radius 1 is 1.29 bits per heavy atom. The van der Waals surface area contributed by atoms with E-state index in [2.05, 4.69) is 21.2 Å². The van der Waals surface area contributed by atoms with Crippen LogP contribution in [0.25, 0.3) is 0 Å². The summed E-state index contributed by atoms with van der Waals surface area (Å²) in [6, 6.07) is 5.16. The molecule has 1 aliphatic rings. The lowest BCUT2D eigenvalue weighted by Gasteiger charge is -2.34. The van der Waals surface area contributed by atoms with E-state index in [0.717, 1.165) is 0 Å². The van der Waals surface area contributed by atoms with Crippen molar-refractivity contribution in [1.29, 1.82) is 0 Å². The van der Waals surface area contributed by atoms with Gasteiger partial charge in [-0.25, -0.2) is 0 Å². The van der Waals surface area contributed by atoms with Crippen molar-refractivity contribution in [3.63, 3.8) is 0 Å². The van der Waals surface area contributed by atoms with Gasteiger partial charge in [0.25, 0.3) is 5.91 Å². The monoisotopic (exact) mass is 373 g/mol. The molecule has 0 spiro atoms. The molecule has 21 heavy (non-hydrogen) atoms. The van der Waals surface area contributed by atoms with Crippen molar-refractivity contribution < 1.29 is 9.59 Å². The first-order valence-electron chi connectivity index (χ1n) is 6.68. The van der Waals surface area contributed by atoms with Crippen LogP contribution in [0.4, 0.5) is 0 Å². The number of halogens is 2. The minimum absolute atomic E-state index is 0.00442. The van der Waals surface area contributed by atoms with Gasteiger partial charge in [0.2, 0.25) is 5.91 Å². The third kappa shape index (κ3) is 4.18. The molecule has 0 aromatic heterocycles. The molecule has 7 heteroatoms. The fourth-order valence-corrected chi connectivity index (χ4v) is 3.08. The van der Waals surface area contributed by atoms with Crippen molar-refractivity contribution in [1.82, 2.24) is 15.1 Å². The van der Waals surface area contributed by atoms with Gasteiger partial charge in [-0.15, -0.1) is 0 Å². The van der Waals surface area contributed by atoms with Gasteiger partial charge in [0, 0.05) is 42.7 Å². The van der Waals surface area contributed by atoms with Crippen molar-refractivity contribution >= 4 is 39.3 Å². The molecule has 1 aromatic rings. The standard InChI is InChI=1S/C14H17BrClN3O2/c1-17-13(20)9-18-4-6-19(7-5-18)14(21)11-3-2-10(16)8-12(11)15/h2-3,8H,4-7,9H2,1H3,(H,17,20). The Hall–Kier alpha value is -1.11. The molecule has 0 saturated carbocycles. The summed E-state index contributed by atoms with van der Waals surface area (Å²) in [4.78, 5) is 27.7. The van der Waals surface area contributed by atoms with E-state index in [1.54, 1.807) is 30.1 Å². The number of carbonyl (C=O) groups is 2. The number of nitrogens with one attached hydrogen (secondary N) is 1. The lowest BCUT2D eigenvalue weighted by atomic mass is 10.2. The summed E-state index contributed by atoms with van der Waals surface area (Å²) in [6.07, 6.45) is 0. The Labute approximate surface area is 137 Å². The molecule has 2 amide bonds. The van der Waals surface area contributed by atoms with E-state index >= 15 is 0 Å². The van der Waals surface area contributed by atoms with E-state index in [1.165, 1.54) is 0 Å². The van der Waals surface area contributed by atoms with E-state index < -0.39 is 0 Å². The number of rotatable bonds is 3. The first-order chi connectivity index (χ1) is 10.0. The topological polar surface area (TPSA) is 52.7 Å². The minimum atomic E-state index is -0.0156. The number of likely N-dealkylation sites (N-methyl/N-ethyl adjacent to an activating group) is 1. The van der Waals surface area contributed by atoms with Crippen LogP contribution in [0.5, 0.6) is 0 Å². The van der Waals surface area contributed by atoms with Crippen LogP contribution in [0.3, 0.4) is 0 Å². The van der Waals surface area contributed by atoms with Gasteiger partial charge in [0.15, 0.2) is 0 Å². The molecule has 1 aromatic carbocycles. The van der Waals surface area contributed by atoms with Gasteiger partial charge in [0.05, 0.1) is 12.1 Å². The number of benzene rings is 1. The number of carbonyl (C=O) groups excluding carboxylic acids is 2. The zero-order chi connectivity index (χ0) is 15.4. The largest absolute Gasteiger partial charge is 0.358 e. The normalized spacial score (nSPS) is 15.9. The maximum Gasteiger partial charge on any atom is 0.255 e. The van der Waals surface area contributed by atoms with Gasteiger partial charge in [0.1, 0.15) is 0 Å². The van der Waals surface area contributed by atoms with Crippen molar-refractivity contribution in [2.75, 3.05) is 39.8 Å². The average Bonchev–Trinajstić information content (AvgIpc) is 2.47. The Morgan fingerprint density at radius 3 is 2.52 bits per heavy atom. The van der Waals surface area contributed by atoms with Crippen LogP contribution in [-0.4, -0.2) is 61.4 Å². The van der Waals surface area contributed by atoms with Crippen LogP contribution >= 0.6 is 27.5 Å². The van der Waals surface area contributed by atoms with Crippen molar-refractivity contribution in [3.05, 3.63) is 33.3 Å². The molecule has 1 aliphatic heterocycles. The predicted molar refractivity (Wildman–Crippen MR) is 85.6 cm³/mol. The SMILES string of the molecule is CNC(=O)CN1CCN(C(=O)c2ccc(Cl)cc2Br)CC1. The van der Waals surface area contributed by atoms with Crippen molar-refractivity contribution in [2.45, 2.75) is 0 Å². The first-order valence-corrected chi connectivity index (χ1v) is 7.85. The van der Waals surface area contributed by atoms with Gasteiger partial charge in [-0.1, -0.05) is 11.6 Å². The Balaban J connectivity index is 1.95. The quantitative estimate of drug-likeness (QED) is 0.874. The molecule has 0 unspecified atom stereocenters. The lowest BCUT2D eigenvalue weighted by Crippen LogP contribution is -2.50. The molecule has 1 saturated heterocycles. The maximum absolute atomic E-state index is 12.5. The number of piperazine rings is 1. The van der Waals surface area contributed by atoms with E-state index in [9.17, 15) is 9.59 Å². The molecule has 2 rings (SSSR count). The third-order valence-electron chi connectivity index (χ3n) is 3.47. The molecule has 1 fully saturated rings. The highest BCUT2D eigenvalue weighted by Gasteiger charge is 2.24. The van der Waals surface area contributed by atoms with Gasteiger partial charge in [-0.05, 0) is 34.1 Å². The highest BCUT2D eigenvalue weighted by atomic mass is 79.9. The van der Waals surface area contributed by atoms with E-state index in [0.29, 0.717) is 47.8 Å². The number of hydrogen-bond acceptors (Lipinski definition) is 3. The molecular formula is C14H17BrClN3O2. The van der Waals surface area contributed by atoms with Crippen LogP contribution in [0.15, 0.2) is 22.7 Å². The zero-order valence-electron chi connectivity index (χ0n) is 11.7. The molecule has 0 aliphatic carbocycles. The molecule has 0 atom stereocenters. The second kappa shape index (κ2) is 7.24. The second-order valence-corrected chi connectivity index (χ2v) is 6.16. The molecule has 114 valence electrons. The molecule has 1 heterocycles. The maximum atomic E-state index is 12.5. The Kier molecular flexibility index (Phi) is 5.61. The summed E-state index contributed by atoms with van der Waals surface area (Å²) in [7, 11) is 1.63. The number of amides is 2. The smallest absolute Gasteiger partial charge is 0.255 e. The second-order valence-electron chi connectivity index (χ2n) is 4.87. The molecular weight excluding hydrogens is 358 g/mol. The summed E-state index contributed by atoms with van der Waals surface area (Å²) in [6.45, 7) is 3.01. The Morgan fingerprint density at radius 2 is 1.95 bits per heavy atom. The summed E-state index contributed by atoms with van der Waals surface area (Å²) in [5.41, 5.74) is 0.610. The van der Waals surface area contributed by atoms with E-state index in [4.69, 9.17) is 11.6 Å². The fraction of sp³-hybridized carbons (Fsp3) is 0.429. The summed E-state index contributed by atoms with van der Waals surface area (Å²) < 4.78 is 0.702. The fourth-order valence-electron chi connectivity index (χ4n) is 2.22. The third-order valence-corrected chi connectivity index (χ3v) is 4.36. The van der Waals surface area contributed by atoms with Crippen LogP contribution < -0.4 is 5.32 Å². The summed E-state index contributed by atoms with van der Waals surface area (Å²) in [5.74, 6) is -0.0200. The molecule has 0 bridgehead atoms. The van der Waals surface area contributed by atoms with Gasteiger partial charge >= 0.3 is 0 Å². The van der Waals surface area contributed by atoms with Crippen LogP contribution in [0.2, 0.25) is 5.02 Å². The van der Waals surface area contributed by atoms with Crippen LogP contribution in [0.1, 0.15) is 10.4 Å². The minimum Gasteiger partial charge on any atom is -0.358 e. The van der Waals surface area contributed by atoms with Crippen LogP contribution in [-0.2, 0) is 4.79 Å². The zero-order valence-corrected chi connectivity index (χ0v) is 14.1. The lowest BCUT2D eigenvalue weighted by molar-refractivity contribution is -0.122. The van der Waals surface area contributed by atoms with E-state index in [1.807, 2.05) is 4.90 Å². The van der Waals surface area contributed by atoms with E-state index in [-0.39, 0.29) is 11.8 Å². The number of nitrogens with zero attached hydrogens (tertiary/aromatic N) is 2. The van der Waals surface area contributed by atoms with Crippen molar-refractivity contribution in [2.24, 2.45) is 0 Å². The highest BCUT2D eigenvalue weighted by Crippen LogP contribution is 2.23. The average molecular weight is 375 g/mol. The first kappa shape index (κ1) is 16.3. The molecule has 1 N–H and O–H groups in total. The highest BCUT2D eigenvalue weighted by molar-refractivity contribution is 9.10. The van der Waals surface area contributed by atoms with Gasteiger partial charge in [-0.2, -0.15) is 0 Å². The molecule has 5 nitrogen and oxygen atoms in total. The predicted octanol–water partition coefficient (Wildman–Crippen LogP) is 1.61. The summed E-state index contributed by atoms with van der Waals surface area (Å²) in [5, 5.41) is 3.20.